The van der Waals surface area contributed by atoms with Crippen LogP contribution in [0.25, 0.3) is 0 Å². The van der Waals surface area contributed by atoms with Crippen molar-refractivity contribution in [3.05, 3.63) is 40.2 Å². The number of aromatic nitrogens is 1. The zero-order valence-electron chi connectivity index (χ0n) is 9.71. The Morgan fingerprint density at radius 2 is 2.33 bits per heavy atom. The van der Waals surface area contributed by atoms with Gasteiger partial charge in [-0.25, -0.2) is 9.78 Å². The van der Waals surface area contributed by atoms with Gasteiger partial charge in [0.15, 0.2) is 0 Å². The van der Waals surface area contributed by atoms with E-state index in [2.05, 4.69) is 10.3 Å². The fourth-order valence-corrected chi connectivity index (χ4v) is 2.23. The zero-order chi connectivity index (χ0) is 13.0. The number of carboxylic acid groups (broad SMARTS) is 1. The first-order valence-electron chi connectivity index (χ1n) is 5.24. The van der Waals surface area contributed by atoms with Crippen molar-refractivity contribution in [2.24, 2.45) is 0 Å². The van der Waals surface area contributed by atoms with Gasteiger partial charge in [0.25, 0.3) is 0 Å². The van der Waals surface area contributed by atoms with Crippen molar-refractivity contribution in [2.45, 2.75) is 6.54 Å². The molecule has 0 radical (unpaired) electrons. The van der Waals surface area contributed by atoms with E-state index in [0.717, 1.165) is 11.3 Å². The normalized spacial score (nSPS) is 10.1. The van der Waals surface area contributed by atoms with Crippen molar-refractivity contribution >= 4 is 23.0 Å². The maximum absolute atomic E-state index is 10.9. The summed E-state index contributed by atoms with van der Waals surface area (Å²) in [6, 6.07) is 5.38. The molecule has 0 amide bonds. The topological polar surface area (TPSA) is 71.5 Å². The van der Waals surface area contributed by atoms with E-state index >= 15 is 0 Å². The molecule has 0 aliphatic heterocycles. The predicted octanol–water partition coefficient (Wildman–Crippen LogP) is 2.46. The van der Waals surface area contributed by atoms with E-state index in [1.165, 1.54) is 11.3 Å². The van der Waals surface area contributed by atoms with Crippen LogP contribution < -0.4 is 10.1 Å². The van der Waals surface area contributed by atoms with Gasteiger partial charge in [-0.2, -0.15) is 0 Å². The van der Waals surface area contributed by atoms with Gasteiger partial charge in [-0.1, -0.05) is 0 Å². The van der Waals surface area contributed by atoms with Crippen molar-refractivity contribution in [1.29, 1.82) is 0 Å². The molecular weight excluding hydrogens is 252 g/mol. The molecule has 94 valence electrons. The van der Waals surface area contributed by atoms with E-state index in [9.17, 15) is 4.79 Å². The number of carboxylic acids is 1. The van der Waals surface area contributed by atoms with Gasteiger partial charge in [-0.05, 0) is 23.1 Å². The zero-order valence-corrected chi connectivity index (χ0v) is 10.5. The molecule has 0 aliphatic carbocycles. The summed E-state index contributed by atoms with van der Waals surface area (Å²) in [6.07, 6.45) is 1.64. The van der Waals surface area contributed by atoms with Crippen LogP contribution in [-0.4, -0.2) is 23.2 Å². The first-order valence-corrected chi connectivity index (χ1v) is 6.12. The SMILES string of the molecule is COc1ccc(NCc2ccsc2C(=O)O)cn1. The molecule has 5 nitrogen and oxygen atoms in total. The molecule has 2 heterocycles. The minimum Gasteiger partial charge on any atom is -0.481 e. The van der Waals surface area contributed by atoms with E-state index in [4.69, 9.17) is 9.84 Å². The van der Waals surface area contributed by atoms with Crippen LogP contribution in [0.4, 0.5) is 5.69 Å². The Morgan fingerprint density at radius 3 is 2.94 bits per heavy atom. The third-order valence-corrected chi connectivity index (χ3v) is 3.31. The number of anilines is 1. The Morgan fingerprint density at radius 1 is 1.50 bits per heavy atom. The number of nitrogens with one attached hydrogen (secondary N) is 1. The van der Waals surface area contributed by atoms with E-state index < -0.39 is 5.97 Å². The second-order valence-electron chi connectivity index (χ2n) is 3.52. The van der Waals surface area contributed by atoms with Crippen molar-refractivity contribution in [1.82, 2.24) is 4.98 Å². The van der Waals surface area contributed by atoms with Gasteiger partial charge in [0, 0.05) is 12.6 Å². The van der Waals surface area contributed by atoms with E-state index in [0.29, 0.717) is 17.3 Å². The summed E-state index contributed by atoms with van der Waals surface area (Å²) < 4.78 is 4.96. The third kappa shape index (κ3) is 2.78. The molecule has 18 heavy (non-hydrogen) atoms. The minimum atomic E-state index is -0.894. The molecule has 0 aromatic carbocycles. The lowest BCUT2D eigenvalue weighted by atomic mass is 10.2. The largest absolute Gasteiger partial charge is 0.481 e. The van der Waals surface area contributed by atoms with Crippen molar-refractivity contribution in [3.8, 4) is 5.88 Å². The molecule has 0 atom stereocenters. The van der Waals surface area contributed by atoms with Gasteiger partial charge in [0.05, 0.1) is 19.0 Å². The van der Waals surface area contributed by atoms with Crippen LogP contribution >= 0.6 is 11.3 Å². The molecule has 0 spiro atoms. The number of thiophene rings is 1. The lowest BCUT2D eigenvalue weighted by Crippen LogP contribution is -2.04. The number of rotatable bonds is 5. The third-order valence-electron chi connectivity index (χ3n) is 2.37. The minimum absolute atomic E-state index is 0.365. The Balaban J connectivity index is 2.02. The van der Waals surface area contributed by atoms with Gasteiger partial charge in [0.1, 0.15) is 4.88 Å². The highest BCUT2D eigenvalue weighted by Gasteiger charge is 2.10. The average molecular weight is 264 g/mol. The number of carbonyl (C=O) groups is 1. The molecule has 0 saturated heterocycles. The molecule has 0 saturated carbocycles. The Kier molecular flexibility index (Phi) is 3.78. The predicted molar refractivity (Wildman–Crippen MR) is 69.4 cm³/mol. The van der Waals surface area contributed by atoms with Gasteiger partial charge < -0.3 is 15.2 Å². The highest BCUT2D eigenvalue weighted by Crippen LogP contribution is 2.18. The maximum Gasteiger partial charge on any atom is 0.346 e. The molecule has 2 rings (SSSR count). The molecule has 0 unspecified atom stereocenters. The van der Waals surface area contributed by atoms with Crippen molar-refractivity contribution < 1.29 is 14.6 Å². The van der Waals surface area contributed by atoms with Crippen LogP contribution in [0.3, 0.4) is 0 Å². The summed E-state index contributed by atoms with van der Waals surface area (Å²) in [7, 11) is 1.56. The van der Waals surface area contributed by atoms with Crippen molar-refractivity contribution in [2.75, 3.05) is 12.4 Å². The van der Waals surface area contributed by atoms with Crippen LogP contribution in [0.5, 0.6) is 5.88 Å². The maximum atomic E-state index is 10.9. The summed E-state index contributed by atoms with van der Waals surface area (Å²) in [6.45, 7) is 0.457. The molecular formula is C12H12N2O3S. The number of aromatic carboxylic acids is 1. The molecule has 6 heteroatoms. The highest BCUT2D eigenvalue weighted by molar-refractivity contribution is 7.12. The second-order valence-corrected chi connectivity index (χ2v) is 4.44. The Hall–Kier alpha value is -2.08. The van der Waals surface area contributed by atoms with E-state index in [-0.39, 0.29) is 0 Å². The number of nitrogens with zero attached hydrogens (tertiary/aromatic N) is 1. The Labute approximate surface area is 108 Å². The number of pyridine rings is 1. The fourth-order valence-electron chi connectivity index (χ4n) is 1.47. The highest BCUT2D eigenvalue weighted by atomic mass is 32.1. The van der Waals surface area contributed by atoms with Crippen LogP contribution in [0.15, 0.2) is 29.8 Å². The molecule has 2 aromatic heterocycles. The summed E-state index contributed by atoms with van der Waals surface area (Å²) in [5.41, 5.74) is 1.58. The molecule has 2 aromatic rings. The van der Waals surface area contributed by atoms with Gasteiger partial charge >= 0.3 is 5.97 Å². The van der Waals surface area contributed by atoms with Gasteiger partial charge in [0.2, 0.25) is 5.88 Å². The van der Waals surface area contributed by atoms with Crippen LogP contribution in [0, 0.1) is 0 Å². The van der Waals surface area contributed by atoms with E-state index in [1.54, 1.807) is 30.8 Å². The van der Waals surface area contributed by atoms with Crippen LogP contribution in [0.2, 0.25) is 0 Å². The molecule has 0 bridgehead atoms. The lowest BCUT2D eigenvalue weighted by molar-refractivity contribution is 0.0701. The first-order chi connectivity index (χ1) is 8.70. The molecule has 0 aliphatic rings. The monoisotopic (exact) mass is 264 g/mol. The quantitative estimate of drug-likeness (QED) is 0.868. The number of methoxy groups -OCH3 is 1. The standard InChI is InChI=1S/C12H12N2O3S/c1-17-10-3-2-9(7-14-10)13-6-8-4-5-18-11(8)12(15)16/h2-5,7,13H,6H2,1H3,(H,15,16). The number of hydrogen-bond donors (Lipinski definition) is 2. The summed E-state index contributed by atoms with van der Waals surface area (Å²) in [5, 5.41) is 13.9. The fraction of sp³-hybridized carbons (Fsp3) is 0.167. The van der Waals surface area contributed by atoms with Crippen molar-refractivity contribution in [3.63, 3.8) is 0 Å². The number of ether oxygens (including phenoxy) is 1. The summed E-state index contributed by atoms with van der Waals surface area (Å²) in [5.74, 6) is -0.350. The average Bonchev–Trinajstić information content (AvgIpc) is 2.85. The van der Waals surface area contributed by atoms with Crippen LogP contribution in [-0.2, 0) is 6.54 Å². The van der Waals surface area contributed by atoms with E-state index in [1.807, 2.05) is 6.07 Å². The second kappa shape index (κ2) is 5.50. The molecule has 0 fully saturated rings. The summed E-state index contributed by atoms with van der Waals surface area (Å²) >= 11 is 1.22. The van der Waals surface area contributed by atoms with Gasteiger partial charge in [-0.3, -0.25) is 0 Å². The van der Waals surface area contributed by atoms with Gasteiger partial charge in [-0.15, -0.1) is 11.3 Å². The Bertz CT molecular complexity index is 537. The lowest BCUT2D eigenvalue weighted by Gasteiger charge is -2.06. The van der Waals surface area contributed by atoms with Crippen LogP contribution in [0.1, 0.15) is 15.2 Å². The summed E-state index contributed by atoms with van der Waals surface area (Å²) in [4.78, 5) is 15.4. The first kappa shape index (κ1) is 12.4. The smallest absolute Gasteiger partial charge is 0.346 e. The number of hydrogen-bond acceptors (Lipinski definition) is 5. The molecule has 2 N–H and O–H groups in total.